The van der Waals surface area contributed by atoms with Crippen LogP contribution in [0.2, 0.25) is 0 Å². The van der Waals surface area contributed by atoms with E-state index in [4.69, 9.17) is 10.00 Å². The van der Waals surface area contributed by atoms with Gasteiger partial charge in [-0.15, -0.1) is 0 Å². The van der Waals surface area contributed by atoms with E-state index in [2.05, 4.69) is 26.2 Å². The van der Waals surface area contributed by atoms with Gasteiger partial charge in [-0.3, -0.25) is 5.32 Å². The summed E-state index contributed by atoms with van der Waals surface area (Å²) < 4.78 is 84.8. The molecule has 0 saturated carbocycles. The average Bonchev–Trinajstić information content (AvgIpc) is 2.60. The third kappa shape index (κ3) is 5.11. The van der Waals surface area contributed by atoms with Crippen molar-refractivity contribution in [3.8, 4) is 17.7 Å². The summed E-state index contributed by atoms with van der Waals surface area (Å²) in [7, 11) is 0. The number of hydrogen-bond acceptors (Lipinski definition) is 4. The van der Waals surface area contributed by atoms with E-state index in [-0.39, 0.29) is 27.5 Å². The van der Waals surface area contributed by atoms with Gasteiger partial charge >= 0.3 is 6.18 Å². The summed E-state index contributed by atoms with van der Waals surface area (Å²) >= 11 is 3.92. The second-order valence-electron chi connectivity index (χ2n) is 4.96. The monoisotopic (exact) mass is 483 g/mol. The molecule has 1 N–H and O–H groups in total. The van der Waals surface area contributed by atoms with E-state index in [1.165, 1.54) is 0 Å². The van der Waals surface area contributed by atoms with E-state index in [0.717, 1.165) is 23.9 Å². The number of benzene rings is 2. The molecule has 0 spiro atoms. The molecule has 4 nitrogen and oxygen atoms in total. The molecule has 2 aromatic carbocycles. The van der Waals surface area contributed by atoms with Gasteiger partial charge < -0.3 is 4.74 Å². The highest BCUT2D eigenvalue weighted by atomic mass is 79.9. The number of rotatable bonds is 3. The highest BCUT2D eigenvalue weighted by molar-refractivity contribution is 9.10. The van der Waals surface area contributed by atoms with Gasteiger partial charge in [0.1, 0.15) is 11.5 Å². The lowest BCUT2D eigenvalue weighted by atomic mass is 10.2. The number of aliphatic imine (C=N–C) groups is 1. The van der Waals surface area contributed by atoms with Crippen molar-refractivity contribution in [3.63, 3.8) is 0 Å². The lowest BCUT2D eigenvalue weighted by Crippen LogP contribution is -2.12. The molecule has 0 radical (unpaired) electrons. The summed E-state index contributed by atoms with van der Waals surface area (Å²) in [6, 6.07) is 1.96. The van der Waals surface area contributed by atoms with E-state index in [1.807, 2.05) is 0 Å². The maximum Gasteiger partial charge on any atom is 0.416 e. The number of thioether (sulfide) groups is 1. The molecule has 0 heterocycles. The summed E-state index contributed by atoms with van der Waals surface area (Å²) in [4.78, 5) is 3.98. The van der Waals surface area contributed by atoms with E-state index >= 15 is 0 Å². The summed E-state index contributed by atoms with van der Waals surface area (Å²) in [5.74, 6) is -5.79. The Morgan fingerprint density at radius 2 is 1.75 bits per heavy atom. The van der Waals surface area contributed by atoms with Gasteiger partial charge in [-0.25, -0.2) is 18.2 Å². The molecule has 28 heavy (non-hydrogen) atoms. The molecule has 12 heteroatoms. The third-order valence-corrected chi connectivity index (χ3v) is 4.31. The first-order valence-electron chi connectivity index (χ1n) is 7.07. The molecule has 0 aliphatic heterocycles. The van der Waals surface area contributed by atoms with E-state index in [0.29, 0.717) is 0 Å². The van der Waals surface area contributed by atoms with Gasteiger partial charge in [0.25, 0.3) is 0 Å². The number of nitrogens with one attached hydrogen (secondary N) is 1. The van der Waals surface area contributed by atoms with Crippen molar-refractivity contribution in [1.29, 1.82) is 5.26 Å². The molecule has 0 unspecified atom stereocenters. The molecule has 0 amide bonds. The number of halogens is 7. The molecule has 0 bridgehead atoms. The third-order valence-electron chi connectivity index (χ3n) is 3.12. The van der Waals surface area contributed by atoms with Gasteiger partial charge in [-0.05, 0) is 40.4 Å². The molecule has 2 rings (SSSR count). The Balaban J connectivity index is 2.55. The number of nitriles is 1. The van der Waals surface area contributed by atoms with Gasteiger partial charge in [0.05, 0.1) is 10.0 Å². The van der Waals surface area contributed by atoms with Gasteiger partial charge in [-0.2, -0.15) is 18.4 Å². The van der Waals surface area contributed by atoms with Crippen molar-refractivity contribution in [2.45, 2.75) is 6.18 Å². The Labute approximate surface area is 167 Å². The van der Waals surface area contributed by atoms with Gasteiger partial charge in [-0.1, -0.05) is 11.8 Å². The fraction of sp³-hybridized carbons (Fsp3) is 0.125. The second-order valence-corrected chi connectivity index (χ2v) is 6.61. The number of nitrogens with zero attached hydrogens (tertiary/aromatic N) is 2. The predicted molar refractivity (Wildman–Crippen MR) is 94.9 cm³/mol. The van der Waals surface area contributed by atoms with Gasteiger partial charge in [0.15, 0.2) is 34.5 Å². The van der Waals surface area contributed by atoms with Crippen molar-refractivity contribution in [2.75, 3.05) is 6.26 Å². The van der Waals surface area contributed by atoms with Crippen molar-refractivity contribution in [2.24, 2.45) is 4.99 Å². The van der Waals surface area contributed by atoms with Crippen LogP contribution in [0.25, 0.3) is 0 Å². The average molecular weight is 484 g/mol. The molecule has 0 saturated heterocycles. The van der Waals surface area contributed by atoms with Crippen molar-refractivity contribution in [1.82, 2.24) is 5.32 Å². The normalized spacial score (nSPS) is 11.9. The zero-order chi connectivity index (χ0) is 21.1. The minimum atomic E-state index is -4.96. The molecule has 2 aromatic rings. The first kappa shape index (κ1) is 21.9. The van der Waals surface area contributed by atoms with E-state index in [9.17, 15) is 26.3 Å². The maximum atomic E-state index is 14.0. The topological polar surface area (TPSA) is 57.4 Å². The van der Waals surface area contributed by atoms with Crippen LogP contribution in [-0.4, -0.2) is 11.4 Å². The number of hydrogen-bond donors (Lipinski definition) is 1. The van der Waals surface area contributed by atoms with Crippen LogP contribution in [0.4, 0.5) is 32.0 Å². The maximum absolute atomic E-state index is 14.0. The summed E-state index contributed by atoms with van der Waals surface area (Å²) in [5.41, 5.74) is -1.68. The lowest BCUT2D eigenvalue weighted by molar-refractivity contribution is -0.138. The number of amidine groups is 1. The smallest absolute Gasteiger partial charge is 0.416 e. The minimum absolute atomic E-state index is 0.0548. The first-order chi connectivity index (χ1) is 13.1. The van der Waals surface area contributed by atoms with Crippen molar-refractivity contribution in [3.05, 3.63) is 51.8 Å². The first-order valence-corrected chi connectivity index (χ1v) is 9.09. The molecule has 0 fully saturated rings. The van der Waals surface area contributed by atoms with Gasteiger partial charge in [0, 0.05) is 6.07 Å². The van der Waals surface area contributed by atoms with Crippen LogP contribution < -0.4 is 10.1 Å². The fourth-order valence-corrected chi connectivity index (χ4v) is 2.57. The highest BCUT2D eigenvalue weighted by Gasteiger charge is 2.33. The Bertz CT molecular complexity index is 951. The van der Waals surface area contributed by atoms with Crippen LogP contribution in [0.1, 0.15) is 5.56 Å². The molecule has 0 aromatic heterocycles. The Morgan fingerprint density at radius 3 is 2.25 bits per heavy atom. The molecular formula is C16H8BrF6N3OS. The quantitative estimate of drug-likeness (QED) is 0.188. The second kappa shape index (κ2) is 8.74. The van der Waals surface area contributed by atoms with Crippen LogP contribution in [0, 0.1) is 28.9 Å². The van der Waals surface area contributed by atoms with E-state index < -0.39 is 40.7 Å². The minimum Gasteiger partial charge on any atom is -0.449 e. The summed E-state index contributed by atoms with van der Waals surface area (Å²) in [5, 5.41) is 11.0. The Morgan fingerprint density at radius 1 is 1.14 bits per heavy atom. The summed E-state index contributed by atoms with van der Waals surface area (Å²) in [6.07, 6.45) is -1.78. The number of alkyl halides is 3. The lowest BCUT2D eigenvalue weighted by Gasteiger charge is -2.14. The highest BCUT2D eigenvalue weighted by Crippen LogP contribution is 2.40. The van der Waals surface area contributed by atoms with Crippen molar-refractivity contribution < 1.29 is 31.1 Å². The Hall–Kier alpha value is -2.39. The standard InChI is InChI=1S/C16H8BrF6N3OS/c1-28-15(25-6-24)26-12-4-8(17)9(18)5-13(12)27-14-10(19)2-7(3-11(14)20)16(21,22)23/h2-5H,1H3,(H,25,26). The molecule has 148 valence electrons. The fourth-order valence-electron chi connectivity index (χ4n) is 1.90. The predicted octanol–water partition coefficient (Wildman–Crippen LogP) is 6.10. The molecule has 0 aliphatic carbocycles. The van der Waals surface area contributed by atoms with Gasteiger partial charge in [0.2, 0.25) is 0 Å². The Kier molecular flexibility index (Phi) is 6.84. The summed E-state index contributed by atoms with van der Waals surface area (Å²) in [6.45, 7) is 0. The largest absolute Gasteiger partial charge is 0.449 e. The zero-order valence-electron chi connectivity index (χ0n) is 13.7. The van der Waals surface area contributed by atoms with Crippen LogP contribution in [0.15, 0.2) is 33.7 Å². The van der Waals surface area contributed by atoms with Crippen LogP contribution >= 0.6 is 27.7 Å². The SMILES string of the molecule is CSC(=Nc1cc(Br)c(F)cc1Oc1c(F)cc(C(F)(F)F)cc1F)NC#N. The van der Waals surface area contributed by atoms with Crippen molar-refractivity contribution >= 4 is 38.5 Å². The van der Waals surface area contributed by atoms with E-state index in [1.54, 1.807) is 12.4 Å². The number of ether oxygens (including phenoxy) is 1. The molecule has 0 aliphatic rings. The van der Waals surface area contributed by atoms with Crippen LogP contribution in [0.3, 0.4) is 0 Å². The zero-order valence-corrected chi connectivity index (χ0v) is 16.1. The van der Waals surface area contributed by atoms with Crippen LogP contribution in [0.5, 0.6) is 11.5 Å². The molecule has 0 atom stereocenters. The molecular weight excluding hydrogens is 476 g/mol. The van der Waals surface area contributed by atoms with Crippen LogP contribution in [-0.2, 0) is 6.18 Å².